The number of hydrogen-bond donors (Lipinski definition) is 1. The van der Waals surface area contributed by atoms with Gasteiger partial charge in [0, 0.05) is 19.3 Å². The molecule has 0 heterocycles. The van der Waals surface area contributed by atoms with Crippen molar-refractivity contribution >= 4 is 12.0 Å². The van der Waals surface area contributed by atoms with Crippen molar-refractivity contribution in [3.8, 4) is 0 Å². The molecule has 21 heavy (non-hydrogen) atoms. The lowest BCUT2D eigenvalue weighted by atomic mass is 10.2. The highest BCUT2D eigenvalue weighted by atomic mass is 16.7. The van der Waals surface area contributed by atoms with Gasteiger partial charge in [-0.25, -0.2) is 0 Å². The van der Waals surface area contributed by atoms with E-state index in [1.54, 1.807) is 6.08 Å². The first kappa shape index (κ1) is 17.4. The summed E-state index contributed by atoms with van der Waals surface area (Å²) in [6.07, 6.45) is 3.67. The molecule has 0 spiro atoms. The number of carbonyl (C=O) groups is 1. The quantitative estimate of drug-likeness (QED) is 0.562. The molecule has 0 aliphatic heterocycles. The van der Waals surface area contributed by atoms with Crippen LogP contribution in [-0.2, 0) is 14.3 Å². The van der Waals surface area contributed by atoms with Crippen LogP contribution in [0.2, 0.25) is 0 Å². The van der Waals surface area contributed by atoms with E-state index in [9.17, 15) is 4.79 Å². The Morgan fingerprint density at radius 2 is 1.76 bits per heavy atom. The first-order chi connectivity index (χ1) is 10.2. The topological polar surface area (TPSA) is 47.6 Å². The number of benzene rings is 1. The molecule has 1 rings (SSSR count). The van der Waals surface area contributed by atoms with E-state index in [-0.39, 0.29) is 11.9 Å². The van der Waals surface area contributed by atoms with Gasteiger partial charge >= 0.3 is 0 Å². The highest BCUT2D eigenvalue weighted by Crippen LogP contribution is 2.07. The maximum Gasteiger partial charge on any atom is 0.244 e. The molecule has 0 aliphatic carbocycles. The van der Waals surface area contributed by atoms with Crippen molar-refractivity contribution in [1.29, 1.82) is 0 Å². The van der Waals surface area contributed by atoms with Gasteiger partial charge in [-0.2, -0.15) is 0 Å². The van der Waals surface area contributed by atoms with Crippen molar-refractivity contribution in [3.05, 3.63) is 42.0 Å². The summed E-state index contributed by atoms with van der Waals surface area (Å²) in [6, 6.07) is 9.56. The Hall–Kier alpha value is -1.65. The van der Waals surface area contributed by atoms with Crippen LogP contribution in [0.4, 0.5) is 0 Å². The molecule has 4 heteroatoms. The summed E-state index contributed by atoms with van der Waals surface area (Å²) < 4.78 is 11.1. The maximum atomic E-state index is 12.0. The van der Waals surface area contributed by atoms with E-state index in [4.69, 9.17) is 9.47 Å². The fourth-order valence-electron chi connectivity index (χ4n) is 1.94. The van der Waals surface area contributed by atoms with Gasteiger partial charge in [0.2, 0.25) is 5.91 Å². The van der Waals surface area contributed by atoms with Gasteiger partial charge in [-0.15, -0.1) is 0 Å². The van der Waals surface area contributed by atoms with E-state index >= 15 is 0 Å². The summed E-state index contributed by atoms with van der Waals surface area (Å²) in [7, 11) is 0. The first-order valence-corrected chi connectivity index (χ1v) is 7.48. The lowest BCUT2D eigenvalue weighted by Crippen LogP contribution is -2.45. The molecule has 0 radical (unpaired) electrons. The van der Waals surface area contributed by atoms with Crippen LogP contribution >= 0.6 is 0 Å². The summed E-state index contributed by atoms with van der Waals surface area (Å²) in [6.45, 7) is 6.93. The Bertz CT molecular complexity index is 425. The van der Waals surface area contributed by atoms with Crippen molar-refractivity contribution < 1.29 is 14.3 Å². The van der Waals surface area contributed by atoms with Crippen molar-refractivity contribution in [1.82, 2.24) is 5.32 Å². The van der Waals surface area contributed by atoms with E-state index < -0.39 is 6.29 Å². The van der Waals surface area contributed by atoms with Crippen molar-refractivity contribution in [2.75, 3.05) is 13.2 Å². The second-order valence-electron chi connectivity index (χ2n) is 4.55. The van der Waals surface area contributed by atoms with E-state index in [1.165, 1.54) is 6.08 Å². The molecule has 0 fully saturated rings. The van der Waals surface area contributed by atoms with Crippen LogP contribution in [0.15, 0.2) is 36.4 Å². The zero-order valence-electron chi connectivity index (χ0n) is 13.0. The predicted octanol–water partition coefficient (Wildman–Crippen LogP) is 2.99. The summed E-state index contributed by atoms with van der Waals surface area (Å²) in [5.41, 5.74) is 0.992. The standard InChI is InChI=1S/C17H25NO3/c1-4-15(17(20-5-2)21-6-3)18-16(19)13-12-14-10-8-7-9-11-14/h7-13,15,17H,4-6H2,1-3H3,(H,18,19). The number of hydrogen-bond acceptors (Lipinski definition) is 3. The highest BCUT2D eigenvalue weighted by molar-refractivity contribution is 5.91. The van der Waals surface area contributed by atoms with Gasteiger partial charge in [-0.1, -0.05) is 37.3 Å². The van der Waals surface area contributed by atoms with Crippen molar-refractivity contribution in [2.45, 2.75) is 39.5 Å². The second kappa shape index (κ2) is 10.1. The lowest BCUT2D eigenvalue weighted by Gasteiger charge is -2.26. The van der Waals surface area contributed by atoms with Gasteiger partial charge in [0.15, 0.2) is 6.29 Å². The minimum atomic E-state index is -0.404. The smallest absolute Gasteiger partial charge is 0.244 e. The van der Waals surface area contributed by atoms with Crippen LogP contribution in [0.25, 0.3) is 6.08 Å². The van der Waals surface area contributed by atoms with Gasteiger partial charge in [-0.3, -0.25) is 4.79 Å². The number of carbonyl (C=O) groups excluding carboxylic acids is 1. The molecule has 1 atom stereocenters. The number of ether oxygens (including phenoxy) is 2. The molecule has 0 bridgehead atoms. The van der Waals surface area contributed by atoms with E-state index in [2.05, 4.69) is 5.32 Å². The van der Waals surface area contributed by atoms with Crippen LogP contribution < -0.4 is 5.32 Å². The minimum absolute atomic E-state index is 0.143. The summed E-state index contributed by atoms with van der Waals surface area (Å²) in [5.74, 6) is -0.143. The highest BCUT2D eigenvalue weighted by Gasteiger charge is 2.21. The fraction of sp³-hybridized carbons (Fsp3) is 0.471. The Kier molecular flexibility index (Phi) is 8.40. The summed E-state index contributed by atoms with van der Waals surface area (Å²) in [5, 5.41) is 2.93. The Labute approximate surface area is 127 Å². The molecule has 0 aromatic heterocycles. The van der Waals surface area contributed by atoms with Crippen LogP contribution in [0.1, 0.15) is 32.8 Å². The third kappa shape index (κ3) is 6.56. The average molecular weight is 291 g/mol. The normalized spacial score (nSPS) is 12.8. The van der Waals surface area contributed by atoms with Crippen LogP contribution in [0.3, 0.4) is 0 Å². The second-order valence-corrected chi connectivity index (χ2v) is 4.55. The first-order valence-electron chi connectivity index (χ1n) is 7.48. The van der Waals surface area contributed by atoms with Gasteiger partial charge in [0.25, 0.3) is 0 Å². The van der Waals surface area contributed by atoms with Gasteiger partial charge < -0.3 is 14.8 Å². The zero-order valence-corrected chi connectivity index (χ0v) is 13.0. The molecule has 1 amide bonds. The van der Waals surface area contributed by atoms with Gasteiger partial charge in [0.1, 0.15) is 0 Å². The molecule has 116 valence electrons. The molecule has 1 N–H and O–H groups in total. The maximum absolute atomic E-state index is 12.0. The van der Waals surface area contributed by atoms with Crippen LogP contribution in [-0.4, -0.2) is 31.5 Å². The SMILES string of the molecule is CCOC(OCC)C(CC)NC(=O)C=Cc1ccccc1. The number of amides is 1. The largest absolute Gasteiger partial charge is 0.351 e. The fourth-order valence-corrected chi connectivity index (χ4v) is 1.94. The minimum Gasteiger partial charge on any atom is -0.351 e. The zero-order chi connectivity index (χ0) is 15.5. The molecular weight excluding hydrogens is 266 g/mol. The Morgan fingerprint density at radius 3 is 2.29 bits per heavy atom. The van der Waals surface area contributed by atoms with E-state index in [0.717, 1.165) is 12.0 Å². The molecule has 0 aliphatic rings. The Balaban J connectivity index is 2.59. The number of rotatable bonds is 9. The summed E-state index contributed by atoms with van der Waals surface area (Å²) in [4.78, 5) is 12.0. The third-order valence-electron chi connectivity index (χ3n) is 2.98. The van der Waals surface area contributed by atoms with Crippen molar-refractivity contribution in [2.24, 2.45) is 0 Å². The third-order valence-corrected chi connectivity index (χ3v) is 2.98. The van der Waals surface area contributed by atoms with Crippen LogP contribution in [0, 0.1) is 0 Å². The molecule has 4 nitrogen and oxygen atoms in total. The average Bonchev–Trinajstić information content (AvgIpc) is 2.51. The van der Waals surface area contributed by atoms with Gasteiger partial charge in [-0.05, 0) is 31.9 Å². The number of nitrogens with one attached hydrogen (secondary N) is 1. The molecule has 0 saturated carbocycles. The lowest BCUT2D eigenvalue weighted by molar-refractivity contribution is -0.157. The molecule has 1 unspecified atom stereocenters. The Morgan fingerprint density at radius 1 is 1.14 bits per heavy atom. The van der Waals surface area contributed by atoms with Gasteiger partial charge in [0.05, 0.1) is 6.04 Å². The summed E-state index contributed by atoms with van der Waals surface area (Å²) >= 11 is 0. The molecule has 1 aromatic carbocycles. The predicted molar refractivity (Wildman–Crippen MR) is 84.7 cm³/mol. The van der Waals surface area contributed by atoms with E-state index in [1.807, 2.05) is 51.1 Å². The van der Waals surface area contributed by atoms with Crippen LogP contribution in [0.5, 0.6) is 0 Å². The molecule has 0 saturated heterocycles. The molecular formula is C17H25NO3. The molecule has 1 aromatic rings. The van der Waals surface area contributed by atoms with E-state index in [0.29, 0.717) is 13.2 Å². The van der Waals surface area contributed by atoms with Crippen molar-refractivity contribution in [3.63, 3.8) is 0 Å². The monoisotopic (exact) mass is 291 g/mol.